The molecule has 0 atom stereocenters. The molecule has 0 spiro atoms. The van der Waals surface area contributed by atoms with Crippen LogP contribution in [0.2, 0.25) is 0 Å². The van der Waals surface area contributed by atoms with Crippen LogP contribution in [0.25, 0.3) is 11.0 Å². The van der Waals surface area contributed by atoms with E-state index in [1.807, 2.05) is 24.5 Å². The van der Waals surface area contributed by atoms with Crippen molar-refractivity contribution in [3.8, 4) is 6.07 Å². The van der Waals surface area contributed by atoms with E-state index in [9.17, 15) is 0 Å². The molecule has 1 N–H and O–H groups in total. The third-order valence-corrected chi connectivity index (χ3v) is 3.59. The molecule has 2 aromatic rings. The summed E-state index contributed by atoms with van der Waals surface area (Å²) in [5.74, 6) is 0. The number of nitrogens with one attached hydrogen (secondary N) is 1. The zero-order chi connectivity index (χ0) is 13.1. The van der Waals surface area contributed by atoms with Crippen LogP contribution >= 0.6 is 0 Å². The minimum absolute atomic E-state index is 0.307. The summed E-state index contributed by atoms with van der Waals surface area (Å²) in [5.41, 5.74) is 1.83. The zero-order valence-corrected chi connectivity index (χ0v) is 10.7. The third kappa shape index (κ3) is 2.35. The monoisotopic (exact) mass is 256 g/mol. The first-order valence-corrected chi connectivity index (χ1v) is 6.48. The van der Waals surface area contributed by atoms with Crippen molar-refractivity contribution in [2.24, 2.45) is 5.41 Å². The van der Waals surface area contributed by atoms with E-state index in [0.717, 1.165) is 18.5 Å². The van der Waals surface area contributed by atoms with Crippen molar-refractivity contribution in [3.05, 3.63) is 36.1 Å². The molecule has 1 aromatic carbocycles. The Morgan fingerprint density at radius 1 is 1.32 bits per heavy atom. The summed E-state index contributed by atoms with van der Waals surface area (Å²) in [6.07, 6.45) is 2.72. The number of benzene rings is 1. The summed E-state index contributed by atoms with van der Waals surface area (Å²) in [6.45, 7) is 2.63. The Bertz CT molecular complexity index is 608. The summed E-state index contributed by atoms with van der Waals surface area (Å²) in [7, 11) is 0. The van der Waals surface area contributed by atoms with Crippen LogP contribution in [-0.4, -0.2) is 26.3 Å². The van der Waals surface area contributed by atoms with Gasteiger partial charge in [0.1, 0.15) is 11.0 Å². The largest absolute Gasteiger partial charge is 0.464 e. The molecule has 1 aliphatic rings. The van der Waals surface area contributed by atoms with Gasteiger partial charge in [-0.15, -0.1) is 0 Å². The fourth-order valence-corrected chi connectivity index (χ4v) is 2.33. The van der Waals surface area contributed by atoms with Gasteiger partial charge in [0.05, 0.1) is 25.5 Å². The maximum Gasteiger partial charge on any atom is 0.134 e. The second-order valence-electron chi connectivity index (χ2n) is 5.07. The Kier molecular flexibility index (Phi) is 3.24. The summed E-state index contributed by atoms with van der Waals surface area (Å²) in [6, 6.07) is 10.4. The van der Waals surface area contributed by atoms with Crippen LogP contribution in [0.1, 0.15) is 5.56 Å². The summed E-state index contributed by atoms with van der Waals surface area (Å²) < 4.78 is 10.6. The van der Waals surface area contributed by atoms with E-state index in [-0.39, 0.29) is 5.41 Å². The Morgan fingerprint density at radius 3 is 2.89 bits per heavy atom. The van der Waals surface area contributed by atoms with Crippen LogP contribution in [0.5, 0.6) is 0 Å². The van der Waals surface area contributed by atoms with Gasteiger partial charge in [0, 0.05) is 11.9 Å². The topological polar surface area (TPSA) is 58.2 Å². The molecule has 1 fully saturated rings. The van der Waals surface area contributed by atoms with Crippen LogP contribution in [0.15, 0.2) is 34.9 Å². The maximum atomic E-state index is 9.08. The maximum absolute atomic E-state index is 9.08. The van der Waals surface area contributed by atoms with Crippen molar-refractivity contribution in [2.75, 3.05) is 26.3 Å². The zero-order valence-electron chi connectivity index (χ0n) is 10.7. The molecular weight excluding hydrogens is 240 g/mol. The molecule has 19 heavy (non-hydrogen) atoms. The highest BCUT2D eigenvalue weighted by atomic mass is 16.5. The first kappa shape index (κ1) is 12.2. The Hall–Kier alpha value is -1.83. The average Bonchev–Trinajstić information content (AvgIpc) is 2.81. The van der Waals surface area contributed by atoms with Crippen molar-refractivity contribution in [2.45, 2.75) is 6.42 Å². The fraction of sp³-hybridized carbons (Fsp3) is 0.400. The molecule has 4 nitrogen and oxygen atoms in total. The number of fused-ring (bicyclic) bond motifs is 1. The smallest absolute Gasteiger partial charge is 0.134 e. The van der Waals surface area contributed by atoms with E-state index in [1.54, 1.807) is 0 Å². The first-order chi connectivity index (χ1) is 9.33. The van der Waals surface area contributed by atoms with Gasteiger partial charge >= 0.3 is 0 Å². The van der Waals surface area contributed by atoms with Crippen molar-refractivity contribution < 1.29 is 9.15 Å². The molecule has 98 valence electrons. The van der Waals surface area contributed by atoms with Crippen molar-refractivity contribution in [3.63, 3.8) is 0 Å². The minimum Gasteiger partial charge on any atom is -0.464 e. The molecule has 0 unspecified atom stereocenters. The molecule has 1 aliphatic heterocycles. The van der Waals surface area contributed by atoms with Gasteiger partial charge in [-0.25, -0.2) is 0 Å². The number of hydrogen-bond donors (Lipinski definition) is 1. The van der Waals surface area contributed by atoms with E-state index in [1.165, 1.54) is 10.9 Å². The van der Waals surface area contributed by atoms with Gasteiger partial charge in [-0.2, -0.15) is 5.26 Å². The second kappa shape index (κ2) is 5.04. The number of rotatable bonds is 5. The number of para-hydroxylation sites is 1. The normalized spacial score (nSPS) is 17.0. The summed E-state index contributed by atoms with van der Waals surface area (Å²) in [5, 5.41) is 13.6. The molecule has 3 rings (SSSR count). The molecule has 1 saturated heterocycles. The van der Waals surface area contributed by atoms with Crippen LogP contribution in [0.4, 0.5) is 0 Å². The number of furan rings is 1. The lowest BCUT2D eigenvalue weighted by molar-refractivity contribution is -0.0752. The quantitative estimate of drug-likeness (QED) is 0.832. The van der Waals surface area contributed by atoms with Gasteiger partial charge in [-0.3, -0.25) is 0 Å². The summed E-state index contributed by atoms with van der Waals surface area (Å²) >= 11 is 0. The van der Waals surface area contributed by atoms with E-state index in [2.05, 4.69) is 17.5 Å². The standard InChI is InChI=1S/C15H16N2O2/c16-8-15(10-18-11-15)9-17-6-5-12-7-19-14-4-2-1-3-13(12)14/h1-4,7,17H,5-6,9-11H2. The van der Waals surface area contributed by atoms with Gasteiger partial charge in [0.25, 0.3) is 0 Å². The predicted molar refractivity (Wildman–Crippen MR) is 71.7 cm³/mol. The molecular formula is C15H16N2O2. The lowest BCUT2D eigenvalue weighted by Gasteiger charge is -2.35. The van der Waals surface area contributed by atoms with Gasteiger partial charge in [-0.1, -0.05) is 18.2 Å². The number of hydrogen-bond acceptors (Lipinski definition) is 4. The molecule has 4 heteroatoms. The van der Waals surface area contributed by atoms with E-state index in [4.69, 9.17) is 14.4 Å². The Balaban J connectivity index is 1.54. The highest BCUT2D eigenvalue weighted by Crippen LogP contribution is 2.25. The molecule has 2 heterocycles. The van der Waals surface area contributed by atoms with E-state index in [0.29, 0.717) is 19.8 Å². The van der Waals surface area contributed by atoms with Crippen LogP contribution in [0, 0.1) is 16.7 Å². The number of nitriles is 1. The third-order valence-electron chi connectivity index (χ3n) is 3.59. The Labute approximate surface area is 112 Å². The van der Waals surface area contributed by atoms with Crippen molar-refractivity contribution in [1.29, 1.82) is 5.26 Å². The van der Waals surface area contributed by atoms with Crippen LogP contribution < -0.4 is 5.32 Å². The van der Waals surface area contributed by atoms with Crippen LogP contribution in [0.3, 0.4) is 0 Å². The lowest BCUT2D eigenvalue weighted by atomic mass is 9.88. The van der Waals surface area contributed by atoms with Crippen molar-refractivity contribution >= 4 is 11.0 Å². The van der Waals surface area contributed by atoms with Gasteiger partial charge < -0.3 is 14.5 Å². The molecule has 0 saturated carbocycles. The van der Waals surface area contributed by atoms with Gasteiger partial charge in [-0.05, 0) is 24.6 Å². The van der Waals surface area contributed by atoms with Crippen molar-refractivity contribution in [1.82, 2.24) is 5.32 Å². The average molecular weight is 256 g/mol. The first-order valence-electron chi connectivity index (χ1n) is 6.48. The molecule has 0 bridgehead atoms. The minimum atomic E-state index is -0.307. The molecule has 0 aliphatic carbocycles. The number of nitrogens with zero attached hydrogens (tertiary/aromatic N) is 1. The van der Waals surface area contributed by atoms with Gasteiger partial charge in [0.2, 0.25) is 0 Å². The highest BCUT2D eigenvalue weighted by Gasteiger charge is 2.38. The summed E-state index contributed by atoms with van der Waals surface area (Å²) in [4.78, 5) is 0. The van der Waals surface area contributed by atoms with Crippen LogP contribution in [-0.2, 0) is 11.2 Å². The molecule has 0 amide bonds. The van der Waals surface area contributed by atoms with Gasteiger partial charge in [0.15, 0.2) is 0 Å². The Morgan fingerprint density at radius 2 is 2.16 bits per heavy atom. The molecule has 1 aromatic heterocycles. The molecule has 0 radical (unpaired) electrons. The second-order valence-corrected chi connectivity index (χ2v) is 5.07. The fourth-order valence-electron chi connectivity index (χ4n) is 2.33. The highest BCUT2D eigenvalue weighted by molar-refractivity contribution is 5.80. The number of ether oxygens (including phenoxy) is 1. The SMILES string of the molecule is N#CC1(CNCCc2coc3ccccc23)COC1. The predicted octanol–water partition coefficient (Wildman–Crippen LogP) is 2.11. The lowest BCUT2D eigenvalue weighted by Crippen LogP contribution is -2.48. The van der Waals surface area contributed by atoms with E-state index < -0.39 is 0 Å². The van der Waals surface area contributed by atoms with E-state index >= 15 is 0 Å².